The van der Waals surface area contributed by atoms with Crippen LogP contribution in [-0.4, -0.2) is 20.4 Å². The molecule has 0 bridgehead atoms. The van der Waals surface area contributed by atoms with Crippen molar-refractivity contribution in [3.05, 3.63) is 60.2 Å². The van der Waals surface area contributed by atoms with Crippen LogP contribution in [0.1, 0.15) is 24.4 Å². The lowest BCUT2D eigenvalue weighted by molar-refractivity contribution is -0.147. The maximum Gasteiger partial charge on any atom is 0.449 e. The van der Waals surface area contributed by atoms with Crippen LogP contribution in [0.3, 0.4) is 0 Å². The van der Waals surface area contributed by atoms with Crippen LogP contribution < -0.4 is 5.32 Å². The molecule has 0 fully saturated rings. The molecule has 2 aromatic heterocycles. The zero-order valence-electron chi connectivity index (χ0n) is 13.3. The minimum Gasteiger partial charge on any atom is -0.348 e. The molecular formula is C17H15F3N4O. The molecule has 0 aliphatic rings. The fourth-order valence-electron chi connectivity index (χ4n) is 2.62. The number of alkyl halides is 3. The van der Waals surface area contributed by atoms with E-state index in [1.54, 1.807) is 43.6 Å². The topological polar surface area (TPSA) is 59.8 Å². The van der Waals surface area contributed by atoms with Gasteiger partial charge in [0.05, 0.1) is 17.1 Å². The Morgan fingerprint density at radius 1 is 1.20 bits per heavy atom. The van der Waals surface area contributed by atoms with Gasteiger partial charge in [-0.3, -0.25) is 9.78 Å². The zero-order valence-corrected chi connectivity index (χ0v) is 13.3. The van der Waals surface area contributed by atoms with Crippen LogP contribution in [0.25, 0.3) is 11.0 Å². The standard InChI is InChI=1S/C17H15F3N4O/c1-11(12-6-8-21-9-7-12)22-15(25)10-24-14-5-3-2-4-13(14)23-16(24)17(18,19)20/h2-9,11H,10H2,1H3,(H,22,25)/t11-/m0/s1. The van der Waals surface area contributed by atoms with Gasteiger partial charge in [0, 0.05) is 12.4 Å². The van der Waals surface area contributed by atoms with Gasteiger partial charge in [-0.15, -0.1) is 0 Å². The van der Waals surface area contributed by atoms with Crippen LogP contribution in [0.5, 0.6) is 0 Å². The van der Waals surface area contributed by atoms with Crippen LogP contribution >= 0.6 is 0 Å². The van der Waals surface area contributed by atoms with E-state index in [1.165, 1.54) is 12.1 Å². The maximum absolute atomic E-state index is 13.2. The number of benzene rings is 1. The number of amides is 1. The van der Waals surface area contributed by atoms with E-state index in [4.69, 9.17) is 0 Å². The number of carbonyl (C=O) groups is 1. The molecule has 0 saturated heterocycles. The van der Waals surface area contributed by atoms with Crippen molar-refractivity contribution in [2.75, 3.05) is 0 Å². The molecule has 1 amide bonds. The molecule has 0 radical (unpaired) electrons. The van der Waals surface area contributed by atoms with Gasteiger partial charge in [-0.2, -0.15) is 13.2 Å². The summed E-state index contributed by atoms with van der Waals surface area (Å²) in [7, 11) is 0. The average molecular weight is 348 g/mol. The predicted molar refractivity (Wildman–Crippen MR) is 85.5 cm³/mol. The Morgan fingerprint density at radius 3 is 2.56 bits per heavy atom. The molecule has 5 nitrogen and oxygen atoms in total. The van der Waals surface area contributed by atoms with Gasteiger partial charge in [0.25, 0.3) is 0 Å². The number of hydrogen-bond donors (Lipinski definition) is 1. The van der Waals surface area contributed by atoms with Gasteiger partial charge in [0.1, 0.15) is 6.54 Å². The first kappa shape index (κ1) is 16.9. The Kier molecular flexibility index (Phi) is 4.43. The molecule has 0 spiro atoms. The quantitative estimate of drug-likeness (QED) is 0.787. The molecule has 3 aromatic rings. The van der Waals surface area contributed by atoms with E-state index in [2.05, 4.69) is 15.3 Å². The number of fused-ring (bicyclic) bond motifs is 1. The van der Waals surface area contributed by atoms with Crippen molar-refractivity contribution in [3.8, 4) is 0 Å². The first-order valence-corrected chi connectivity index (χ1v) is 7.58. The molecule has 1 N–H and O–H groups in total. The van der Waals surface area contributed by atoms with Crippen LogP contribution in [0.4, 0.5) is 13.2 Å². The lowest BCUT2D eigenvalue weighted by atomic mass is 10.1. The molecule has 8 heteroatoms. The van der Waals surface area contributed by atoms with E-state index in [0.717, 1.165) is 10.1 Å². The van der Waals surface area contributed by atoms with E-state index >= 15 is 0 Å². The molecule has 0 aliphatic carbocycles. The second kappa shape index (κ2) is 6.54. The Bertz CT molecular complexity index is 890. The van der Waals surface area contributed by atoms with Crippen LogP contribution in [0.15, 0.2) is 48.8 Å². The highest BCUT2D eigenvalue weighted by atomic mass is 19.4. The van der Waals surface area contributed by atoms with Gasteiger partial charge < -0.3 is 9.88 Å². The molecule has 1 atom stereocenters. The van der Waals surface area contributed by atoms with Gasteiger partial charge in [-0.1, -0.05) is 12.1 Å². The number of nitrogens with one attached hydrogen (secondary N) is 1. The van der Waals surface area contributed by atoms with Crippen molar-refractivity contribution in [2.24, 2.45) is 0 Å². The largest absolute Gasteiger partial charge is 0.449 e. The number of halogens is 3. The van der Waals surface area contributed by atoms with E-state index in [-0.39, 0.29) is 17.1 Å². The summed E-state index contributed by atoms with van der Waals surface area (Å²) in [6.07, 6.45) is -1.47. The van der Waals surface area contributed by atoms with Crippen molar-refractivity contribution >= 4 is 16.9 Å². The fraction of sp³-hybridized carbons (Fsp3) is 0.235. The third-order valence-corrected chi connectivity index (χ3v) is 3.79. The highest BCUT2D eigenvalue weighted by Crippen LogP contribution is 2.31. The van der Waals surface area contributed by atoms with Gasteiger partial charge in [-0.25, -0.2) is 4.98 Å². The SMILES string of the molecule is C[C@H](NC(=O)Cn1c(C(F)(F)F)nc2ccccc21)c1ccncc1. The summed E-state index contributed by atoms with van der Waals surface area (Å²) in [5.74, 6) is -1.61. The highest BCUT2D eigenvalue weighted by Gasteiger charge is 2.38. The number of pyridine rings is 1. The minimum atomic E-state index is -4.64. The molecule has 2 heterocycles. The first-order valence-electron chi connectivity index (χ1n) is 7.58. The minimum absolute atomic E-state index is 0.199. The summed E-state index contributed by atoms with van der Waals surface area (Å²) in [5.41, 5.74) is 1.28. The second-order valence-electron chi connectivity index (χ2n) is 5.58. The smallest absolute Gasteiger partial charge is 0.348 e. The van der Waals surface area contributed by atoms with Crippen LogP contribution in [0, 0.1) is 0 Å². The first-order chi connectivity index (χ1) is 11.9. The predicted octanol–water partition coefficient (Wildman–Crippen LogP) is 3.33. The number of carbonyl (C=O) groups excluding carboxylic acids is 1. The van der Waals surface area contributed by atoms with E-state index in [0.29, 0.717) is 0 Å². The summed E-state index contributed by atoms with van der Waals surface area (Å²) in [5, 5.41) is 2.70. The van der Waals surface area contributed by atoms with Gasteiger partial charge in [0.15, 0.2) is 0 Å². The molecule has 25 heavy (non-hydrogen) atoms. The number of nitrogens with zero attached hydrogens (tertiary/aromatic N) is 3. The normalized spacial score (nSPS) is 13.0. The van der Waals surface area contributed by atoms with Crippen molar-refractivity contribution in [2.45, 2.75) is 25.7 Å². The van der Waals surface area contributed by atoms with Crippen LogP contribution in [-0.2, 0) is 17.5 Å². The van der Waals surface area contributed by atoms with Crippen molar-refractivity contribution in [3.63, 3.8) is 0 Å². The van der Waals surface area contributed by atoms with Crippen LogP contribution in [0.2, 0.25) is 0 Å². The summed E-state index contributed by atoms with van der Waals surface area (Å²) >= 11 is 0. The van der Waals surface area contributed by atoms with Gasteiger partial charge in [0.2, 0.25) is 11.7 Å². The van der Waals surface area contributed by atoms with Gasteiger partial charge >= 0.3 is 6.18 Å². The third kappa shape index (κ3) is 3.62. The molecule has 3 rings (SSSR count). The molecule has 0 saturated carbocycles. The van der Waals surface area contributed by atoms with Crippen molar-refractivity contribution in [1.82, 2.24) is 19.9 Å². The second-order valence-corrected chi connectivity index (χ2v) is 5.58. The maximum atomic E-state index is 13.2. The lowest BCUT2D eigenvalue weighted by Gasteiger charge is -2.16. The average Bonchev–Trinajstić information content (AvgIpc) is 2.94. The fourth-order valence-corrected chi connectivity index (χ4v) is 2.62. The zero-order chi connectivity index (χ0) is 18.0. The Labute approximate surface area is 141 Å². The van der Waals surface area contributed by atoms with Gasteiger partial charge in [-0.05, 0) is 36.8 Å². The number of aromatic nitrogens is 3. The molecular weight excluding hydrogens is 333 g/mol. The lowest BCUT2D eigenvalue weighted by Crippen LogP contribution is -2.31. The third-order valence-electron chi connectivity index (χ3n) is 3.79. The molecule has 130 valence electrons. The summed E-state index contributed by atoms with van der Waals surface area (Å²) < 4.78 is 40.6. The number of hydrogen-bond acceptors (Lipinski definition) is 3. The molecule has 0 unspecified atom stereocenters. The summed E-state index contributed by atoms with van der Waals surface area (Å²) in [4.78, 5) is 19.8. The van der Waals surface area contributed by atoms with Crippen molar-refractivity contribution in [1.29, 1.82) is 0 Å². The van der Waals surface area contributed by atoms with E-state index in [1.807, 2.05) is 0 Å². The van der Waals surface area contributed by atoms with E-state index in [9.17, 15) is 18.0 Å². The number of imidazole rings is 1. The molecule has 0 aliphatic heterocycles. The van der Waals surface area contributed by atoms with E-state index < -0.39 is 24.5 Å². The Balaban J connectivity index is 1.86. The van der Waals surface area contributed by atoms with Crippen molar-refractivity contribution < 1.29 is 18.0 Å². The number of para-hydroxylation sites is 2. The molecule has 1 aromatic carbocycles. The monoisotopic (exact) mass is 348 g/mol. The Morgan fingerprint density at radius 2 is 1.88 bits per heavy atom. The summed E-state index contributed by atoms with van der Waals surface area (Å²) in [6, 6.07) is 9.33. The highest BCUT2D eigenvalue weighted by molar-refractivity contribution is 5.81. The number of rotatable bonds is 4. The summed E-state index contributed by atoms with van der Waals surface area (Å²) in [6.45, 7) is 1.29. The Hall–Kier alpha value is -2.90.